The van der Waals surface area contributed by atoms with E-state index in [0.29, 0.717) is 0 Å². The first-order valence-corrected chi connectivity index (χ1v) is 6.21. The maximum absolute atomic E-state index is 4.67. The Hall–Kier alpha value is -1.35. The molecule has 0 aliphatic rings. The van der Waals surface area contributed by atoms with Gasteiger partial charge in [0.2, 0.25) is 0 Å². The van der Waals surface area contributed by atoms with E-state index in [0.717, 1.165) is 18.8 Å². The third kappa shape index (κ3) is 2.67. The highest BCUT2D eigenvalue weighted by Gasteiger charge is 2.13. The molecule has 0 radical (unpaired) electrons. The molecule has 3 nitrogen and oxygen atoms in total. The molecule has 0 saturated heterocycles. The second-order valence-electron chi connectivity index (χ2n) is 5.38. The number of benzene rings is 1. The lowest BCUT2D eigenvalue weighted by atomic mass is 10.1. The van der Waals surface area contributed by atoms with Crippen LogP contribution < -0.4 is 5.32 Å². The van der Waals surface area contributed by atoms with Gasteiger partial charge in [-0.3, -0.25) is 4.68 Å². The first kappa shape index (κ1) is 12.1. The molecule has 0 spiro atoms. The van der Waals surface area contributed by atoms with E-state index in [2.05, 4.69) is 67.1 Å². The highest BCUT2D eigenvalue weighted by atomic mass is 15.3. The lowest BCUT2D eigenvalue weighted by molar-refractivity contribution is 0.420. The number of aromatic nitrogens is 2. The Labute approximate surface area is 103 Å². The van der Waals surface area contributed by atoms with Crippen molar-refractivity contribution < 1.29 is 0 Å². The van der Waals surface area contributed by atoms with Crippen molar-refractivity contribution in [3.05, 3.63) is 30.0 Å². The minimum atomic E-state index is 0.122. The van der Waals surface area contributed by atoms with Crippen LogP contribution in [0.15, 0.2) is 24.3 Å². The fourth-order valence-electron chi connectivity index (χ4n) is 1.92. The Kier molecular flexibility index (Phi) is 3.20. The summed E-state index contributed by atoms with van der Waals surface area (Å²) in [7, 11) is 0. The predicted octanol–water partition coefficient (Wildman–Crippen LogP) is 2.94. The summed E-state index contributed by atoms with van der Waals surface area (Å²) in [6.07, 6.45) is 0. The third-order valence-electron chi connectivity index (χ3n) is 2.82. The Morgan fingerprint density at radius 2 is 1.94 bits per heavy atom. The highest BCUT2D eigenvalue weighted by molar-refractivity contribution is 5.81. The van der Waals surface area contributed by atoms with Crippen LogP contribution >= 0.6 is 0 Å². The average Bonchev–Trinajstić information content (AvgIpc) is 2.64. The van der Waals surface area contributed by atoms with Crippen molar-refractivity contribution in [2.75, 3.05) is 0 Å². The minimum Gasteiger partial charge on any atom is -0.306 e. The van der Waals surface area contributed by atoms with Gasteiger partial charge in [0.05, 0.1) is 11.2 Å². The quantitative estimate of drug-likeness (QED) is 0.880. The molecule has 17 heavy (non-hydrogen) atoms. The summed E-state index contributed by atoms with van der Waals surface area (Å²) in [6, 6.07) is 8.42. The smallest absolute Gasteiger partial charge is 0.0841 e. The number of nitrogens with zero attached hydrogens (tertiary/aromatic N) is 2. The van der Waals surface area contributed by atoms with Gasteiger partial charge in [-0.1, -0.05) is 18.2 Å². The summed E-state index contributed by atoms with van der Waals surface area (Å²) >= 11 is 0. The Morgan fingerprint density at radius 1 is 1.24 bits per heavy atom. The molecular weight excluding hydrogens is 210 g/mol. The summed E-state index contributed by atoms with van der Waals surface area (Å²) < 4.78 is 2.06. The van der Waals surface area contributed by atoms with Gasteiger partial charge in [0.25, 0.3) is 0 Å². The molecule has 0 atom stereocenters. The van der Waals surface area contributed by atoms with E-state index in [9.17, 15) is 0 Å². The van der Waals surface area contributed by atoms with Crippen LogP contribution in [0.1, 0.15) is 33.4 Å². The first-order valence-electron chi connectivity index (χ1n) is 6.21. The maximum Gasteiger partial charge on any atom is 0.0841 e. The van der Waals surface area contributed by atoms with Gasteiger partial charge < -0.3 is 5.32 Å². The van der Waals surface area contributed by atoms with Gasteiger partial charge in [-0.15, -0.1) is 0 Å². The molecule has 1 heterocycles. The van der Waals surface area contributed by atoms with Gasteiger partial charge in [-0.2, -0.15) is 5.10 Å². The van der Waals surface area contributed by atoms with Crippen molar-refractivity contribution in [1.82, 2.24) is 15.1 Å². The van der Waals surface area contributed by atoms with E-state index >= 15 is 0 Å². The second-order valence-corrected chi connectivity index (χ2v) is 5.38. The van der Waals surface area contributed by atoms with E-state index in [1.165, 1.54) is 10.9 Å². The summed E-state index contributed by atoms with van der Waals surface area (Å²) in [5.74, 6) is 0. The van der Waals surface area contributed by atoms with Crippen molar-refractivity contribution in [3.63, 3.8) is 0 Å². The standard InChI is InChI=1S/C14H21N3/c1-5-17-13-9-7-6-8-11(13)12(16-17)10-15-14(2,3)4/h6-9,15H,5,10H2,1-4H3. The number of aryl methyl sites for hydroxylation is 1. The summed E-state index contributed by atoms with van der Waals surface area (Å²) in [4.78, 5) is 0. The van der Waals surface area contributed by atoms with Crippen LogP contribution in [0.25, 0.3) is 10.9 Å². The minimum absolute atomic E-state index is 0.122. The van der Waals surface area contributed by atoms with Crippen LogP contribution in [-0.4, -0.2) is 15.3 Å². The fraction of sp³-hybridized carbons (Fsp3) is 0.500. The molecule has 0 amide bonds. The summed E-state index contributed by atoms with van der Waals surface area (Å²) in [5, 5.41) is 9.41. The lowest BCUT2D eigenvalue weighted by Crippen LogP contribution is -2.35. The lowest BCUT2D eigenvalue weighted by Gasteiger charge is -2.19. The summed E-state index contributed by atoms with van der Waals surface area (Å²) in [5.41, 5.74) is 2.48. The van der Waals surface area contributed by atoms with Crippen molar-refractivity contribution in [2.45, 2.75) is 46.3 Å². The first-order chi connectivity index (χ1) is 8.01. The number of rotatable bonds is 3. The SMILES string of the molecule is CCn1nc(CNC(C)(C)C)c2ccccc21. The monoisotopic (exact) mass is 231 g/mol. The molecule has 1 aromatic heterocycles. The van der Waals surface area contributed by atoms with E-state index in [1.807, 2.05) is 0 Å². The maximum atomic E-state index is 4.67. The molecule has 0 saturated carbocycles. The second kappa shape index (κ2) is 4.49. The zero-order valence-corrected chi connectivity index (χ0v) is 11.1. The highest BCUT2D eigenvalue weighted by Crippen LogP contribution is 2.18. The zero-order chi connectivity index (χ0) is 12.5. The molecule has 0 unspecified atom stereocenters. The number of para-hydroxylation sites is 1. The van der Waals surface area contributed by atoms with Crippen LogP contribution in [-0.2, 0) is 13.1 Å². The molecule has 92 valence electrons. The van der Waals surface area contributed by atoms with E-state index < -0.39 is 0 Å². The molecular formula is C14H21N3. The molecule has 2 rings (SSSR count). The van der Waals surface area contributed by atoms with Gasteiger partial charge in [-0.25, -0.2) is 0 Å². The number of hydrogen-bond acceptors (Lipinski definition) is 2. The summed E-state index contributed by atoms with van der Waals surface area (Å²) in [6.45, 7) is 10.4. The average molecular weight is 231 g/mol. The van der Waals surface area contributed by atoms with Gasteiger partial charge in [0.1, 0.15) is 0 Å². The molecule has 0 aliphatic heterocycles. The molecule has 0 fully saturated rings. The largest absolute Gasteiger partial charge is 0.306 e. The fourth-order valence-corrected chi connectivity index (χ4v) is 1.92. The molecule has 1 aromatic carbocycles. The van der Waals surface area contributed by atoms with Gasteiger partial charge in [0.15, 0.2) is 0 Å². The number of hydrogen-bond donors (Lipinski definition) is 1. The van der Waals surface area contributed by atoms with Crippen LogP contribution in [0.5, 0.6) is 0 Å². The number of fused-ring (bicyclic) bond motifs is 1. The van der Waals surface area contributed by atoms with Crippen LogP contribution in [0.2, 0.25) is 0 Å². The molecule has 1 N–H and O–H groups in total. The molecule has 0 aliphatic carbocycles. The van der Waals surface area contributed by atoms with Crippen molar-refractivity contribution in [2.24, 2.45) is 0 Å². The van der Waals surface area contributed by atoms with Gasteiger partial charge in [0, 0.05) is 24.0 Å². The molecule has 3 heteroatoms. The van der Waals surface area contributed by atoms with Crippen LogP contribution in [0, 0.1) is 0 Å². The topological polar surface area (TPSA) is 29.9 Å². The Morgan fingerprint density at radius 3 is 2.59 bits per heavy atom. The number of nitrogens with one attached hydrogen (secondary N) is 1. The van der Waals surface area contributed by atoms with E-state index in [-0.39, 0.29) is 5.54 Å². The van der Waals surface area contributed by atoms with Crippen molar-refractivity contribution in [1.29, 1.82) is 0 Å². The predicted molar refractivity (Wildman–Crippen MR) is 72.0 cm³/mol. The van der Waals surface area contributed by atoms with Crippen molar-refractivity contribution in [3.8, 4) is 0 Å². The normalized spacial score (nSPS) is 12.2. The Bertz CT molecular complexity index is 506. The molecule has 2 aromatic rings. The van der Waals surface area contributed by atoms with Crippen molar-refractivity contribution >= 4 is 10.9 Å². The van der Waals surface area contributed by atoms with Crippen LogP contribution in [0.3, 0.4) is 0 Å². The van der Waals surface area contributed by atoms with Gasteiger partial charge >= 0.3 is 0 Å². The molecule has 0 bridgehead atoms. The van der Waals surface area contributed by atoms with E-state index in [4.69, 9.17) is 0 Å². The van der Waals surface area contributed by atoms with Gasteiger partial charge in [-0.05, 0) is 33.8 Å². The Balaban J connectivity index is 2.34. The zero-order valence-electron chi connectivity index (χ0n) is 11.1. The van der Waals surface area contributed by atoms with Crippen LogP contribution in [0.4, 0.5) is 0 Å². The van der Waals surface area contributed by atoms with E-state index in [1.54, 1.807) is 0 Å². The third-order valence-corrected chi connectivity index (χ3v) is 2.82.